The van der Waals surface area contributed by atoms with Gasteiger partial charge in [0.2, 0.25) is 0 Å². The predicted molar refractivity (Wildman–Crippen MR) is 93.0 cm³/mol. The Balaban J connectivity index is 2.74. The van der Waals surface area contributed by atoms with Crippen LogP contribution in [0.1, 0.15) is 44.5 Å². The van der Waals surface area contributed by atoms with E-state index in [9.17, 15) is 19.5 Å². The van der Waals surface area contributed by atoms with E-state index < -0.39 is 17.5 Å². The lowest BCUT2D eigenvalue weighted by Crippen LogP contribution is -2.68. The van der Waals surface area contributed by atoms with Gasteiger partial charge in [-0.1, -0.05) is 20.8 Å². The standard InChI is InChI=1S/C18H24N2O5/c1-5-18(17(23)24,19(6-2)7-3)20-14-10-13(12(4)21)8-9-15(14)25-11-16(20)22/h8-10H,5-7,11H2,1-4H3,(H,23,24). The number of carbonyl (C=O) groups is 3. The number of likely N-dealkylation sites (N-methyl/N-ethyl adjacent to an activating group) is 1. The lowest BCUT2D eigenvalue weighted by Gasteiger charge is -2.48. The van der Waals surface area contributed by atoms with Crippen molar-refractivity contribution in [1.82, 2.24) is 4.90 Å². The number of nitrogens with zero attached hydrogens (tertiary/aromatic N) is 2. The highest BCUT2D eigenvalue weighted by Gasteiger charge is 2.52. The lowest BCUT2D eigenvalue weighted by atomic mass is 9.98. The molecular formula is C18H24N2O5. The van der Waals surface area contributed by atoms with Gasteiger partial charge in [-0.2, -0.15) is 0 Å². The maximum absolute atomic E-state index is 12.7. The first-order chi connectivity index (χ1) is 11.8. The number of rotatable bonds is 7. The summed E-state index contributed by atoms with van der Waals surface area (Å²) in [5.74, 6) is -1.31. The number of carboxylic acids is 1. The summed E-state index contributed by atoms with van der Waals surface area (Å²) in [7, 11) is 0. The van der Waals surface area contributed by atoms with Crippen molar-refractivity contribution in [2.75, 3.05) is 24.6 Å². The van der Waals surface area contributed by atoms with E-state index in [4.69, 9.17) is 4.74 Å². The van der Waals surface area contributed by atoms with E-state index in [1.807, 2.05) is 13.8 Å². The monoisotopic (exact) mass is 348 g/mol. The van der Waals surface area contributed by atoms with Crippen molar-refractivity contribution >= 4 is 23.3 Å². The van der Waals surface area contributed by atoms with Gasteiger partial charge in [-0.25, -0.2) is 4.79 Å². The molecule has 0 bridgehead atoms. The molecule has 1 aliphatic heterocycles. The minimum Gasteiger partial charge on any atom is -0.482 e. The molecule has 25 heavy (non-hydrogen) atoms. The van der Waals surface area contributed by atoms with Crippen molar-refractivity contribution in [2.45, 2.75) is 39.8 Å². The second kappa shape index (κ2) is 7.23. The molecule has 1 N–H and O–H groups in total. The van der Waals surface area contributed by atoms with Gasteiger partial charge in [-0.15, -0.1) is 0 Å². The van der Waals surface area contributed by atoms with Crippen LogP contribution in [0.3, 0.4) is 0 Å². The Kier molecular flexibility index (Phi) is 5.47. The van der Waals surface area contributed by atoms with Crippen LogP contribution in [-0.4, -0.2) is 53.0 Å². The van der Waals surface area contributed by atoms with Crippen LogP contribution in [0.15, 0.2) is 18.2 Å². The zero-order valence-corrected chi connectivity index (χ0v) is 15.0. The van der Waals surface area contributed by atoms with Crippen molar-refractivity contribution < 1.29 is 24.2 Å². The fourth-order valence-electron chi connectivity index (χ4n) is 3.43. The molecule has 0 aliphatic carbocycles. The minimum atomic E-state index is -1.53. The Morgan fingerprint density at radius 3 is 2.40 bits per heavy atom. The first kappa shape index (κ1) is 18.9. The van der Waals surface area contributed by atoms with Crippen LogP contribution in [0.25, 0.3) is 0 Å². The normalized spacial score (nSPS) is 16.2. The number of fused-ring (bicyclic) bond motifs is 1. The highest BCUT2D eigenvalue weighted by Crippen LogP contribution is 2.40. The molecule has 7 heteroatoms. The summed E-state index contributed by atoms with van der Waals surface area (Å²) in [6, 6.07) is 4.75. The van der Waals surface area contributed by atoms with E-state index in [0.29, 0.717) is 30.1 Å². The lowest BCUT2D eigenvalue weighted by molar-refractivity contribution is -0.154. The average Bonchev–Trinajstić information content (AvgIpc) is 2.59. The summed E-state index contributed by atoms with van der Waals surface area (Å²) >= 11 is 0. The smallest absolute Gasteiger partial charge is 0.345 e. The summed E-state index contributed by atoms with van der Waals surface area (Å²) in [6.07, 6.45) is 0.194. The van der Waals surface area contributed by atoms with Gasteiger partial charge in [0.05, 0.1) is 5.69 Å². The third-order valence-corrected chi connectivity index (χ3v) is 4.70. The number of carbonyl (C=O) groups excluding carboxylic acids is 2. The van der Waals surface area contributed by atoms with Gasteiger partial charge in [-0.05, 0) is 44.6 Å². The molecule has 0 fully saturated rings. The number of hydrogen-bond acceptors (Lipinski definition) is 5. The van der Waals surface area contributed by atoms with Crippen molar-refractivity contribution in [2.24, 2.45) is 0 Å². The second-order valence-corrected chi connectivity index (χ2v) is 5.90. The molecule has 1 unspecified atom stereocenters. The minimum absolute atomic E-state index is 0.166. The fraction of sp³-hybridized carbons (Fsp3) is 0.500. The Morgan fingerprint density at radius 2 is 1.92 bits per heavy atom. The molecule has 1 aromatic carbocycles. The quantitative estimate of drug-likeness (QED) is 0.760. The Hall–Kier alpha value is -2.41. The van der Waals surface area contributed by atoms with Crippen LogP contribution in [0.2, 0.25) is 0 Å². The molecule has 0 radical (unpaired) electrons. The van der Waals surface area contributed by atoms with E-state index in [1.54, 1.807) is 24.0 Å². The molecule has 1 aromatic rings. The van der Waals surface area contributed by atoms with Gasteiger partial charge in [0.1, 0.15) is 5.75 Å². The third-order valence-electron chi connectivity index (χ3n) is 4.70. The molecule has 0 aromatic heterocycles. The van der Waals surface area contributed by atoms with E-state index in [2.05, 4.69) is 0 Å². The topological polar surface area (TPSA) is 87.2 Å². The van der Waals surface area contributed by atoms with Crippen LogP contribution in [0.4, 0.5) is 5.69 Å². The Morgan fingerprint density at radius 1 is 1.28 bits per heavy atom. The summed E-state index contributed by atoms with van der Waals surface area (Å²) in [6.45, 7) is 7.56. The number of aliphatic carboxylic acids is 1. The van der Waals surface area contributed by atoms with E-state index in [1.165, 1.54) is 17.9 Å². The zero-order chi connectivity index (χ0) is 18.8. The van der Waals surface area contributed by atoms with Crippen molar-refractivity contribution in [1.29, 1.82) is 0 Å². The molecule has 2 rings (SSSR count). The molecule has 1 aliphatic rings. The molecule has 0 saturated carbocycles. The largest absolute Gasteiger partial charge is 0.482 e. The molecule has 1 atom stereocenters. The summed E-state index contributed by atoms with van der Waals surface area (Å²) in [5, 5.41) is 10.1. The summed E-state index contributed by atoms with van der Waals surface area (Å²) in [4.78, 5) is 39.8. The van der Waals surface area contributed by atoms with Crippen LogP contribution in [-0.2, 0) is 9.59 Å². The molecule has 136 valence electrons. The molecular weight excluding hydrogens is 324 g/mol. The number of Topliss-reactive ketones (excluding diaryl/α,β-unsaturated/α-hetero) is 1. The van der Waals surface area contributed by atoms with E-state index in [0.717, 1.165) is 0 Å². The first-order valence-electron chi connectivity index (χ1n) is 8.42. The number of benzene rings is 1. The summed E-state index contributed by atoms with van der Waals surface area (Å²) in [5.41, 5.74) is -0.814. The third kappa shape index (κ3) is 3.00. The number of carboxylic acid groups (broad SMARTS) is 1. The number of amides is 1. The molecule has 0 spiro atoms. The maximum atomic E-state index is 12.7. The number of anilines is 1. The highest BCUT2D eigenvalue weighted by molar-refractivity contribution is 6.06. The average molecular weight is 348 g/mol. The Bertz CT molecular complexity index is 699. The molecule has 1 heterocycles. The molecule has 7 nitrogen and oxygen atoms in total. The number of ether oxygens (including phenoxy) is 1. The van der Waals surface area contributed by atoms with Gasteiger partial charge in [0.25, 0.3) is 5.91 Å². The Labute approximate surface area is 147 Å². The number of hydrogen-bond donors (Lipinski definition) is 1. The highest BCUT2D eigenvalue weighted by atomic mass is 16.5. The maximum Gasteiger partial charge on any atom is 0.345 e. The van der Waals surface area contributed by atoms with Gasteiger partial charge in [0.15, 0.2) is 18.1 Å². The SMILES string of the molecule is CCN(CC)C(CC)(C(=O)O)N1C(=O)COc2ccc(C(C)=O)cc21. The molecule has 1 amide bonds. The van der Waals surface area contributed by atoms with Crippen molar-refractivity contribution in [3.8, 4) is 5.75 Å². The van der Waals surface area contributed by atoms with Crippen molar-refractivity contribution in [3.05, 3.63) is 23.8 Å². The van der Waals surface area contributed by atoms with Crippen LogP contribution in [0, 0.1) is 0 Å². The first-order valence-corrected chi connectivity index (χ1v) is 8.42. The van der Waals surface area contributed by atoms with Gasteiger partial charge >= 0.3 is 5.97 Å². The predicted octanol–water partition coefficient (Wildman–Crippen LogP) is 2.15. The van der Waals surface area contributed by atoms with Gasteiger partial charge in [-0.3, -0.25) is 19.4 Å². The summed E-state index contributed by atoms with van der Waals surface area (Å²) < 4.78 is 5.45. The van der Waals surface area contributed by atoms with Crippen LogP contribution < -0.4 is 9.64 Å². The van der Waals surface area contributed by atoms with Gasteiger partial charge in [0, 0.05) is 5.56 Å². The fourth-order valence-corrected chi connectivity index (χ4v) is 3.43. The van der Waals surface area contributed by atoms with Crippen LogP contribution in [0.5, 0.6) is 5.75 Å². The van der Waals surface area contributed by atoms with Crippen LogP contribution >= 0.6 is 0 Å². The van der Waals surface area contributed by atoms with E-state index >= 15 is 0 Å². The molecule has 0 saturated heterocycles. The zero-order valence-electron chi connectivity index (χ0n) is 15.0. The van der Waals surface area contributed by atoms with E-state index in [-0.39, 0.29) is 18.8 Å². The number of ketones is 1. The van der Waals surface area contributed by atoms with Crippen molar-refractivity contribution in [3.63, 3.8) is 0 Å². The second-order valence-electron chi connectivity index (χ2n) is 5.90. The van der Waals surface area contributed by atoms with Gasteiger partial charge < -0.3 is 9.84 Å².